The van der Waals surface area contributed by atoms with Gasteiger partial charge in [-0.3, -0.25) is 4.31 Å². The zero-order valence-electron chi connectivity index (χ0n) is 15.0. The standard InChI is InChI=1S/C18H23NO4S2/c1-13(2)19(16-9-7-6-8-10-16)25(22,23)18-12-14(3)11-17(15(18)4)24(5,20)21/h6-13H,1-5H3. The van der Waals surface area contributed by atoms with Gasteiger partial charge in [-0.05, 0) is 63.1 Å². The number of nitrogens with zero attached hydrogens (tertiary/aromatic N) is 1. The minimum Gasteiger partial charge on any atom is -0.264 e. The van der Waals surface area contributed by atoms with E-state index in [9.17, 15) is 16.8 Å². The van der Waals surface area contributed by atoms with Gasteiger partial charge in [0.2, 0.25) is 0 Å². The van der Waals surface area contributed by atoms with Crippen molar-refractivity contribution in [2.45, 2.75) is 43.5 Å². The molecule has 0 aromatic heterocycles. The number of benzene rings is 2. The first kappa shape index (κ1) is 19.5. The number of sulfone groups is 1. The SMILES string of the molecule is Cc1cc(S(C)(=O)=O)c(C)c(S(=O)(=O)N(c2ccccc2)C(C)C)c1. The van der Waals surface area contributed by atoms with Crippen molar-refractivity contribution in [2.24, 2.45) is 0 Å². The number of sulfonamides is 1. The molecule has 2 aromatic carbocycles. The van der Waals surface area contributed by atoms with E-state index in [-0.39, 0.29) is 21.4 Å². The van der Waals surface area contributed by atoms with Crippen molar-refractivity contribution in [1.29, 1.82) is 0 Å². The summed E-state index contributed by atoms with van der Waals surface area (Å²) in [5.74, 6) is 0. The molecule has 0 radical (unpaired) electrons. The molecule has 0 N–H and O–H groups in total. The van der Waals surface area contributed by atoms with Gasteiger partial charge in [-0.15, -0.1) is 0 Å². The van der Waals surface area contributed by atoms with Crippen LogP contribution in [0.5, 0.6) is 0 Å². The molecule has 0 heterocycles. The minimum absolute atomic E-state index is 0.0190. The number of rotatable bonds is 5. The van der Waals surface area contributed by atoms with Gasteiger partial charge in [-0.2, -0.15) is 0 Å². The first-order chi connectivity index (χ1) is 11.5. The lowest BCUT2D eigenvalue weighted by molar-refractivity contribution is 0.583. The number of anilines is 1. The van der Waals surface area contributed by atoms with Crippen LogP contribution >= 0.6 is 0 Å². The maximum Gasteiger partial charge on any atom is 0.264 e. The van der Waals surface area contributed by atoms with E-state index < -0.39 is 19.9 Å². The van der Waals surface area contributed by atoms with E-state index in [1.54, 1.807) is 45.0 Å². The topological polar surface area (TPSA) is 71.5 Å². The van der Waals surface area contributed by atoms with E-state index in [2.05, 4.69) is 0 Å². The summed E-state index contributed by atoms with van der Waals surface area (Å²) in [4.78, 5) is 0.0633. The molecule has 0 saturated heterocycles. The Hall–Kier alpha value is -1.86. The van der Waals surface area contributed by atoms with Gasteiger partial charge in [-0.25, -0.2) is 16.8 Å². The van der Waals surface area contributed by atoms with Crippen LogP contribution < -0.4 is 4.31 Å². The van der Waals surface area contributed by atoms with Crippen LogP contribution in [-0.4, -0.2) is 29.1 Å². The third kappa shape index (κ3) is 3.88. The molecule has 0 aliphatic heterocycles. The molecule has 0 saturated carbocycles. The second-order valence-corrected chi connectivity index (χ2v) is 10.2. The Morgan fingerprint density at radius 3 is 1.88 bits per heavy atom. The molecule has 25 heavy (non-hydrogen) atoms. The largest absolute Gasteiger partial charge is 0.264 e. The number of aryl methyl sites for hydroxylation is 1. The van der Waals surface area contributed by atoms with Crippen LogP contribution in [-0.2, 0) is 19.9 Å². The maximum atomic E-state index is 13.4. The van der Waals surface area contributed by atoms with Gasteiger partial charge in [-0.1, -0.05) is 18.2 Å². The third-order valence-corrected chi connectivity index (χ3v) is 7.23. The lowest BCUT2D eigenvalue weighted by Gasteiger charge is -2.29. The first-order valence-corrected chi connectivity index (χ1v) is 11.2. The number of para-hydroxylation sites is 1. The van der Waals surface area contributed by atoms with Gasteiger partial charge in [0.25, 0.3) is 10.0 Å². The van der Waals surface area contributed by atoms with Crippen LogP contribution in [0.2, 0.25) is 0 Å². The van der Waals surface area contributed by atoms with E-state index in [1.807, 2.05) is 6.07 Å². The van der Waals surface area contributed by atoms with Gasteiger partial charge in [0, 0.05) is 12.3 Å². The highest BCUT2D eigenvalue weighted by Crippen LogP contribution is 2.31. The van der Waals surface area contributed by atoms with Crippen LogP contribution in [0.3, 0.4) is 0 Å². The van der Waals surface area contributed by atoms with Crippen LogP contribution in [0.4, 0.5) is 5.69 Å². The highest BCUT2D eigenvalue weighted by molar-refractivity contribution is 7.93. The molecule has 2 rings (SSSR count). The predicted octanol–water partition coefficient (Wildman–Crippen LogP) is 3.31. The number of hydrogen-bond acceptors (Lipinski definition) is 4. The van der Waals surface area contributed by atoms with Crippen LogP contribution in [0.25, 0.3) is 0 Å². The summed E-state index contributed by atoms with van der Waals surface area (Å²) in [7, 11) is -7.45. The Balaban J connectivity index is 2.77. The van der Waals surface area contributed by atoms with Gasteiger partial charge in [0.05, 0.1) is 15.5 Å². The second kappa shape index (κ2) is 6.80. The summed E-state index contributed by atoms with van der Waals surface area (Å²) in [5, 5.41) is 0. The van der Waals surface area contributed by atoms with E-state index in [0.717, 1.165) is 6.26 Å². The Labute approximate surface area is 150 Å². The Morgan fingerprint density at radius 2 is 1.40 bits per heavy atom. The van der Waals surface area contributed by atoms with E-state index in [0.29, 0.717) is 11.3 Å². The number of hydrogen-bond donors (Lipinski definition) is 0. The summed E-state index contributed by atoms with van der Waals surface area (Å²) < 4.78 is 52.1. The van der Waals surface area contributed by atoms with Crippen molar-refractivity contribution in [2.75, 3.05) is 10.6 Å². The van der Waals surface area contributed by atoms with Gasteiger partial charge in [0.15, 0.2) is 9.84 Å². The molecule has 2 aromatic rings. The minimum atomic E-state index is -3.92. The van der Waals surface area contributed by atoms with Crippen LogP contribution in [0.1, 0.15) is 25.0 Å². The third-order valence-electron chi connectivity index (χ3n) is 3.87. The van der Waals surface area contributed by atoms with E-state index >= 15 is 0 Å². The molecule has 0 unspecified atom stereocenters. The van der Waals surface area contributed by atoms with Gasteiger partial charge < -0.3 is 0 Å². The molecule has 0 bridgehead atoms. The summed E-state index contributed by atoms with van der Waals surface area (Å²) >= 11 is 0. The Morgan fingerprint density at radius 1 is 0.880 bits per heavy atom. The molecule has 0 fully saturated rings. The smallest absolute Gasteiger partial charge is 0.264 e. The Kier molecular flexibility index (Phi) is 5.30. The van der Waals surface area contributed by atoms with Crippen LogP contribution in [0, 0.1) is 13.8 Å². The highest BCUT2D eigenvalue weighted by atomic mass is 32.2. The predicted molar refractivity (Wildman–Crippen MR) is 100 cm³/mol. The average Bonchev–Trinajstić information content (AvgIpc) is 2.48. The summed E-state index contributed by atoms with van der Waals surface area (Å²) in [5.41, 5.74) is 1.37. The quantitative estimate of drug-likeness (QED) is 0.797. The monoisotopic (exact) mass is 381 g/mol. The van der Waals surface area contributed by atoms with E-state index in [1.165, 1.54) is 23.4 Å². The highest BCUT2D eigenvalue weighted by Gasteiger charge is 2.31. The molecule has 5 nitrogen and oxygen atoms in total. The molecule has 7 heteroatoms. The lowest BCUT2D eigenvalue weighted by Crippen LogP contribution is -2.37. The molecule has 0 amide bonds. The summed E-state index contributed by atoms with van der Waals surface area (Å²) in [6.07, 6.45) is 1.09. The first-order valence-electron chi connectivity index (χ1n) is 7.87. The molecular formula is C18H23NO4S2. The van der Waals surface area contributed by atoms with Crippen molar-refractivity contribution in [3.63, 3.8) is 0 Å². The lowest BCUT2D eigenvalue weighted by atomic mass is 10.2. The molecule has 136 valence electrons. The molecule has 0 aliphatic rings. The fourth-order valence-electron chi connectivity index (χ4n) is 2.84. The summed E-state index contributed by atoms with van der Waals surface area (Å²) in [6.45, 7) is 6.79. The van der Waals surface area contributed by atoms with Gasteiger partial charge >= 0.3 is 0 Å². The summed E-state index contributed by atoms with van der Waals surface area (Å²) in [6, 6.07) is 11.5. The molecule has 0 atom stereocenters. The maximum absolute atomic E-state index is 13.4. The van der Waals surface area contributed by atoms with Crippen molar-refractivity contribution < 1.29 is 16.8 Å². The molecule has 0 aliphatic carbocycles. The Bertz CT molecular complexity index is 979. The fourth-order valence-corrected chi connectivity index (χ4v) is 5.97. The second-order valence-electron chi connectivity index (χ2n) is 6.39. The van der Waals surface area contributed by atoms with Crippen molar-refractivity contribution in [3.05, 3.63) is 53.6 Å². The van der Waals surface area contributed by atoms with Crippen molar-refractivity contribution in [1.82, 2.24) is 0 Å². The zero-order valence-corrected chi connectivity index (χ0v) is 16.6. The van der Waals surface area contributed by atoms with E-state index in [4.69, 9.17) is 0 Å². The van der Waals surface area contributed by atoms with Crippen LogP contribution in [0.15, 0.2) is 52.3 Å². The zero-order chi connectivity index (χ0) is 19.0. The normalized spacial score (nSPS) is 12.4. The molecular weight excluding hydrogens is 358 g/mol. The average molecular weight is 382 g/mol. The van der Waals surface area contributed by atoms with Crippen molar-refractivity contribution in [3.8, 4) is 0 Å². The van der Waals surface area contributed by atoms with Gasteiger partial charge in [0.1, 0.15) is 0 Å². The fraction of sp³-hybridized carbons (Fsp3) is 0.333. The molecule has 0 spiro atoms. The van der Waals surface area contributed by atoms with Crippen molar-refractivity contribution >= 4 is 25.5 Å².